The van der Waals surface area contributed by atoms with Gasteiger partial charge in [0.15, 0.2) is 5.96 Å². The molecule has 0 spiro atoms. The Bertz CT molecular complexity index is 549. The molecule has 5 nitrogen and oxygen atoms in total. The van der Waals surface area contributed by atoms with Gasteiger partial charge in [0, 0.05) is 18.9 Å². The molecular weight excluding hydrogens is 226 g/mol. The number of aliphatic imine (C=N–C) groups is 1. The molecule has 2 rings (SSSR count). The minimum atomic E-state index is 0.412. The van der Waals surface area contributed by atoms with Crippen molar-refractivity contribution in [1.29, 1.82) is 0 Å². The molecule has 18 heavy (non-hydrogen) atoms. The normalized spacial score (nSPS) is 11.7. The molecule has 0 amide bonds. The van der Waals surface area contributed by atoms with Crippen LogP contribution in [0.1, 0.15) is 12.6 Å². The summed E-state index contributed by atoms with van der Waals surface area (Å²) in [7, 11) is 0. The van der Waals surface area contributed by atoms with E-state index in [0.717, 1.165) is 16.9 Å². The topological polar surface area (TPSA) is 67.7 Å². The van der Waals surface area contributed by atoms with E-state index in [0.29, 0.717) is 19.0 Å². The Morgan fingerprint density at radius 1 is 1.56 bits per heavy atom. The number of aromatic nitrogens is 2. The van der Waals surface area contributed by atoms with E-state index in [4.69, 9.17) is 5.73 Å². The fourth-order valence-corrected chi connectivity index (χ4v) is 1.53. The first kappa shape index (κ1) is 12.2. The highest BCUT2D eigenvalue weighted by molar-refractivity contribution is 5.78. The number of pyridine rings is 1. The fraction of sp³-hybridized carbons (Fsp3) is 0.231. The predicted octanol–water partition coefficient (Wildman–Crippen LogP) is 1.31. The smallest absolute Gasteiger partial charge is 0.189 e. The molecule has 2 aromatic rings. The van der Waals surface area contributed by atoms with E-state index in [-0.39, 0.29) is 0 Å². The molecule has 0 atom stereocenters. The van der Waals surface area contributed by atoms with Crippen molar-refractivity contribution < 1.29 is 0 Å². The quantitative estimate of drug-likeness (QED) is 0.483. The monoisotopic (exact) mass is 243 g/mol. The van der Waals surface area contributed by atoms with Crippen LogP contribution in [0.2, 0.25) is 0 Å². The van der Waals surface area contributed by atoms with Crippen LogP contribution in [0.4, 0.5) is 0 Å². The summed E-state index contributed by atoms with van der Waals surface area (Å²) in [6.45, 7) is 6.83. The summed E-state index contributed by atoms with van der Waals surface area (Å²) in [6.07, 6.45) is 3.91. The molecule has 0 aromatic carbocycles. The Morgan fingerprint density at radius 3 is 3.11 bits per heavy atom. The average molecular weight is 243 g/mol. The summed E-state index contributed by atoms with van der Waals surface area (Å²) >= 11 is 0. The van der Waals surface area contributed by atoms with E-state index in [9.17, 15) is 0 Å². The second-order valence-electron chi connectivity index (χ2n) is 4.21. The van der Waals surface area contributed by atoms with Gasteiger partial charge in [-0.05, 0) is 19.1 Å². The van der Waals surface area contributed by atoms with Crippen LogP contribution in [-0.2, 0) is 6.54 Å². The van der Waals surface area contributed by atoms with Crippen molar-refractivity contribution in [2.75, 3.05) is 6.54 Å². The molecule has 0 aliphatic heterocycles. The van der Waals surface area contributed by atoms with Crippen LogP contribution >= 0.6 is 0 Å². The van der Waals surface area contributed by atoms with Gasteiger partial charge in [0.05, 0.1) is 12.2 Å². The number of hydrogen-bond donors (Lipinski definition) is 2. The van der Waals surface area contributed by atoms with Gasteiger partial charge in [0.2, 0.25) is 0 Å². The Kier molecular flexibility index (Phi) is 3.62. The van der Waals surface area contributed by atoms with Crippen molar-refractivity contribution in [3.63, 3.8) is 0 Å². The van der Waals surface area contributed by atoms with Crippen molar-refractivity contribution in [3.8, 4) is 0 Å². The summed E-state index contributed by atoms with van der Waals surface area (Å²) in [5.41, 5.74) is 8.55. The molecule has 2 aromatic heterocycles. The zero-order chi connectivity index (χ0) is 13.0. The number of fused-ring (bicyclic) bond motifs is 1. The van der Waals surface area contributed by atoms with Gasteiger partial charge in [-0.1, -0.05) is 18.2 Å². The first-order chi connectivity index (χ1) is 8.65. The number of imidazole rings is 1. The highest BCUT2D eigenvalue weighted by atomic mass is 15.1. The molecule has 3 N–H and O–H groups in total. The van der Waals surface area contributed by atoms with Crippen molar-refractivity contribution in [2.24, 2.45) is 10.7 Å². The SMILES string of the molecule is C=C(C)CNC(N)=NCc1cn2ccccc2n1. The number of rotatable bonds is 4. The van der Waals surface area contributed by atoms with Crippen LogP contribution in [0, 0.1) is 0 Å². The predicted molar refractivity (Wildman–Crippen MR) is 73.3 cm³/mol. The van der Waals surface area contributed by atoms with Gasteiger partial charge >= 0.3 is 0 Å². The van der Waals surface area contributed by atoms with Crippen LogP contribution < -0.4 is 11.1 Å². The maximum Gasteiger partial charge on any atom is 0.189 e. The number of nitrogens with zero attached hydrogens (tertiary/aromatic N) is 3. The number of nitrogens with two attached hydrogens (primary N) is 1. The molecule has 0 fully saturated rings. The standard InChI is InChI=1S/C13H17N5/c1-10(2)7-15-13(14)16-8-11-9-18-6-4-3-5-12(18)17-11/h3-6,9H,1,7-8H2,2H3,(H3,14,15,16). The first-order valence-corrected chi connectivity index (χ1v) is 5.76. The Hall–Kier alpha value is -2.30. The van der Waals surface area contributed by atoms with Crippen LogP contribution in [-0.4, -0.2) is 21.9 Å². The highest BCUT2D eigenvalue weighted by Crippen LogP contribution is 2.05. The van der Waals surface area contributed by atoms with Gasteiger partial charge in [-0.15, -0.1) is 0 Å². The number of nitrogens with one attached hydrogen (secondary N) is 1. The number of hydrogen-bond acceptors (Lipinski definition) is 2. The van der Waals surface area contributed by atoms with Crippen molar-refractivity contribution in [3.05, 3.63) is 48.4 Å². The molecule has 0 aliphatic rings. The summed E-state index contributed by atoms with van der Waals surface area (Å²) in [6, 6.07) is 5.87. The third kappa shape index (κ3) is 3.10. The van der Waals surface area contributed by atoms with Gasteiger partial charge in [-0.2, -0.15) is 0 Å². The zero-order valence-corrected chi connectivity index (χ0v) is 10.4. The van der Waals surface area contributed by atoms with E-state index >= 15 is 0 Å². The summed E-state index contributed by atoms with van der Waals surface area (Å²) in [4.78, 5) is 8.66. The zero-order valence-electron chi connectivity index (χ0n) is 10.4. The first-order valence-electron chi connectivity index (χ1n) is 5.76. The lowest BCUT2D eigenvalue weighted by Crippen LogP contribution is -2.32. The third-order valence-corrected chi connectivity index (χ3v) is 2.40. The summed E-state index contributed by atoms with van der Waals surface area (Å²) < 4.78 is 1.96. The molecule has 5 heteroatoms. The number of guanidine groups is 1. The molecule has 94 valence electrons. The molecule has 0 aliphatic carbocycles. The molecule has 0 radical (unpaired) electrons. The van der Waals surface area contributed by atoms with E-state index < -0.39 is 0 Å². The lowest BCUT2D eigenvalue weighted by Gasteiger charge is -2.03. The van der Waals surface area contributed by atoms with E-state index in [1.807, 2.05) is 41.9 Å². The van der Waals surface area contributed by atoms with Crippen molar-refractivity contribution in [1.82, 2.24) is 14.7 Å². The van der Waals surface area contributed by atoms with Crippen molar-refractivity contribution in [2.45, 2.75) is 13.5 Å². The Morgan fingerprint density at radius 2 is 2.39 bits per heavy atom. The second kappa shape index (κ2) is 5.35. The third-order valence-electron chi connectivity index (χ3n) is 2.40. The molecule has 0 unspecified atom stereocenters. The van der Waals surface area contributed by atoms with Crippen LogP contribution in [0.15, 0.2) is 47.7 Å². The van der Waals surface area contributed by atoms with Crippen molar-refractivity contribution >= 4 is 11.6 Å². The highest BCUT2D eigenvalue weighted by Gasteiger charge is 1.99. The minimum Gasteiger partial charge on any atom is -0.370 e. The summed E-state index contributed by atoms with van der Waals surface area (Å²) in [5.74, 6) is 0.412. The molecular formula is C13H17N5. The van der Waals surface area contributed by atoms with Gasteiger partial charge in [-0.25, -0.2) is 9.98 Å². The lowest BCUT2D eigenvalue weighted by atomic mass is 10.3. The minimum absolute atomic E-state index is 0.412. The van der Waals surface area contributed by atoms with Crippen LogP contribution in [0.5, 0.6) is 0 Å². The van der Waals surface area contributed by atoms with E-state index in [1.165, 1.54) is 0 Å². The maximum absolute atomic E-state index is 5.73. The van der Waals surface area contributed by atoms with E-state index in [2.05, 4.69) is 21.9 Å². The Balaban J connectivity index is 2.00. The summed E-state index contributed by atoms with van der Waals surface area (Å²) in [5, 5.41) is 2.98. The lowest BCUT2D eigenvalue weighted by molar-refractivity contribution is 0.928. The van der Waals surface area contributed by atoms with Gasteiger partial charge in [0.25, 0.3) is 0 Å². The average Bonchev–Trinajstić information content (AvgIpc) is 2.76. The van der Waals surface area contributed by atoms with Gasteiger partial charge in [0.1, 0.15) is 5.65 Å². The van der Waals surface area contributed by atoms with Crippen LogP contribution in [0.3, 0.4) is 0 Å². The molecule has 2 heterocycles. The van der Waals surface area contributed by atoms with E-state index in [1.54, 1.807) is 0 Å². The fourth-order valence-electron chi connectivity index (χ4n) is 1.53. The van der Waals surface area contributed by atoms with Gasteiger partial charge < -0.3 is 15.5 Å². The molecule has 0 saturated carbocycles. The molecule has 0 saturated heterocycles. The molecule has 0 bridgehead atoms. The maximum atomic E-state index is 5.73. The van der Waals surface area contributed by atoms with Crippen LogP contribution in [0.25, 0.3) is 5.65 Å². The largest absolute Gasteiger partial charge is 0.370 e. The van der Waals surface area contributed by atoms with Gasteiger partial charge in [-0.3, -0.25) is 0 Å². The Labute approximate surface area is 106 Å². The second-order valence-corrected chi connectivity index (χ2v) is 4.21.